The number of para-hydroxylation sites is 2. The largest absolute Gasteiger partial charge is 0.311 e. The van der Waals surface area contributed by atoms with Crippen LogP contribution in [-0.4, -0.2) is 6.71 Å². The molecule has 2 aliphatic heterocycles. The van der Waals surface area contributed by atoms with Crippen LogP contribution in [0.4, 0.5) is 34.1 Å². The zero-order chi connectivity index (χ0) is 37.1. The van der Waals surface area contributed by atoms with Crippen molar-refractivity contribution in [1.82, 2.24) is 0 Å². The summed E-state index contributed by atoms with van der Waals surface area (Å²) in [6.45, 7) is 4.77. The minimum atomic E-state index is -0.0956. The van der Waals surface area contributed by atoms with Gasteiger partial charge >= 0.3 is 0 Å². The van der Waals surface area contributed by atoms with Crippen molar-refractivity contribution in [2.75, 3.05) is 9.80 Å². The number of nitrogens with zero attached hydrogens (tertiary/aromatic N) is 2. The number of hydrogen-bond acceptors (Lipinski definition) is 2. The highest BCUT2D eigenvalue weighted by molar-refractivity contribution is 7.00. The summed E-state index contributed by atoms with van der Waals surface area (Å²) < 4.78 is 0. The van der Waals surface area contributed by atoms with Crippen LogP contribution in [0.15, 0.2) is 188 Å². The van der Waals surface area contributed by atoms with Crippen LogP contribution in [0, 0.1) is 0 Å². The van der Waals surface area contributed by atoms with Crippen LogP contribution in [0.1, 0.15) is 25.0 Å². The minimum Gasteiger partial charge on any atom is -0.311 e. The Hall–Kier alpha value is -6.84. The van der Waals surface area contributed by atoms with Gasteiger partial charge in [-0.3, -0.25) is 0 Å². The predicted molar refractivity (Wildman–Crippen MR) is 238 cm³/mol. The van der Waals surface area contributed by atoms with Gasteiger partial charge in [-0.25, -0.2) is 0 Å². The average Bonchev–Trinajstić information content (AvgIpc) is 3.48. The second-order valence-electron chi connectivity index (χ2n) is 16.1. The van der Waals surface area contributed by atoms with Crippen molar-refractivity contribution in [2.45, 2.75) is 19.3 Å². The molecule has 262 valence electrons. The molecule has 0 saturated heterocycles. The monoisotopic (exact) mass is 712 g/mol. The van der Waals surface area contributed by atoms with Crippen molar-refractivity contribution in [2.24, 2.45) is 0 Å². The van der Waals surface area contributed by atoms with Crippen LogP contribution in [0.3, 0.4) is 0 Å². The Morgan fingerprint density at radius 3 is 1.39 bits per heavy atom. The molecule has 12 rings (SSSR count). The fourth-order valence-corrected chi connectivity index (χ4v) is 10.2. The Morgan fingerprint density at radius 1 is 0.393 bits per heavy atom. The molecule has 0 saturated carbocycles. The van der Waals surface area contributed by atoms with E-state index in [1.54, 1.807) is 0 Å². The Balaban J connectivity index is 1.24. The zero-order valence-electron chi connectivity index (χ0n) is 31.4. The van der Waals surface area contributed by atoms with Crippen molar-refractivity contribution < 1.29 is 0 Å². The smallest absolute Gasteiger partial charge is 0.252 e. The van der Waals surface area contributed by atoms with Crippen LogP contribution >= 0.6 is 0 Å². The molecule has 9 aromatic rings. The molecule has 2 heterocycles. The highest BCUT2D eigenvalue weighted by Crippen LogP contribution is 2.54. The molecule has 3 aliphatic rings. The third-order valence-electron chi connectivity index (χ3n) is 12.7. The van der Waals surface area contributed by atoms with Gasteiger partial charge in [0.1, 0.15) is 0 Å². The second kappa shape index (κ2) is 11.6. The van der Waals surface area contributed by atoms with Gasteiger partial charge in [0, 0.05) is 39.5 Å². The number of fused-ring (bicyclic) bond motifs is 9. The third kappa shape index (κ3) is 4.34. The van der Waals surface area contributed by atoms with Crippen LogP contribution in [0.25, 0.3) is 43.8 Å². The summed E-state index contributed by atoms with van der Waals surface area (Å²) in [6, 6.07) is 70.4. The molecule has 0 unspecified atom stereocenters. The van der Waals surface area contributed by atoms with Gasteiger partial charge in [0.05, 0.1) is 0 Å². The van der Waals surface area contributed by atoms with E-state index in [0.717, 1.165) is 11.4 Å². The molecule has 0 radical (unpaired) electrons. The summed E-state index contributed by atoms with van der Waals surface area (Å²) in [5.74, 6) is 0. The minimum absolute atomic E-state index is 0.0225. The molecule has 0 spiro atoms. The summed E-state index contributed by atoms with van der Waals surface area (Å²) in [6.07, 6.45) is 0. The molecule has 1 aliphatic carbocycles. The topological polar surface area (TPSA) is 6.48 Å². The lowest BCUT2D eigenvalue weighted by Crippen LogP contribution is -2.61. The zero-order valence-corrected chi connectivity index (χ0v) is 31.4. The molecule has 0 atom stereocenters. The number of benzene rings is 9. The molecule has 0 amide bonds. The molecule has 0 N–H and O–H groups in total. The first-order valence-corrected chi connectivity index (χ1v) is 19.7. The van der Waals surface area contributed by atoms with Gasteiger partial charge in [0.2, 0.25) is 0 Å². The molecule has 56 heavy (non-hydrogen) atoms. The van der Waals surface area contributed by atoms with Gasteiger partial charge < -0.3 is 9.80 Å². The van der Waals surface area contributed by atoms with Gasteiger partial charge in [0.15, 0.2) is 0 Å². The van der Waals surface area contributed by atoms with E-state index in [-0.39, 0.29) is 12.1 Å². The molecule has 0 bridgehead atoms. The van der Waals surface area contributed by atoms with E-state index >= 15 is 0 Å². The fourth-order valence-electron chi connectivity index (χ4n) is 10.2. The van der Waals surface area contributed by atoms with Crippen LogP contribution in [0.5, 0.6) is 0 Å². The van der Waals surface area contributed by atoms with Crippen LogP contribution in [0.2, 0.25) is 0 Å². The van der Waals surface area contributed by atoms with E-state index < -0.39 is 0 Å². The normalized spacial score (nSPS) is 14.3. The van der Waals surface area contributed by atoms with Crippen molar-refractivity contribution in [3.8, 4) is 22.3 Å². The van der Waals surface area contributed by atoms with E-state index in [4.69, 9.17) is 0 Å². The highest BCUT2D eigenvalue weighted by atomic mass is 15.2. The number of hydrogen-bond donors (Lipinski definition) is 0. The predicted octanol–water partition coefficient (Wildman–Crippen LogP) is 12.0. The lowest BCUT2D eigenvalue weighted by molar-refractivity contribution is 0.660. The lowest BCUT2D eigenvalue weighted by Gasteiger charge is -2.44. The van der Waals surface area contributed by atoms with Gasteiger partial charge in [-0.2, -0.15) is 0 Å². The van der Waals surface area contributed by atoms with Gasteiger partial charge in [-0.05, 0) is 120 Å². The first kappa shape index (κ1) is 31.5. The highest BCUT2D eigenvalue weighted by Gasteiger charge is 2.44. The van der Waals surface area contributed by atoms with E-state index in [2.05, 4.69) is 212 Å². The maximum Gasteiger partial charge on any atom is 0.252 e. The number of rotatable bonds is 3. The molecular formula is C53H37BN2. The first-order chi connectivity index (χ1) is 27.5. The van der Waals surface area contributed by atoms with Gasteiger partial charge in [-0.1, -0.05) is 153 Å². The Labute approximate surface area is 328 Å². The summed E-state index contributed by atoms with van der Waals surface area (Å²) in [4.78, 5) is 5.08. The van der Waals surface area contributed by atoms with Crippen molar-refractivity contribution in [3.63, 3.8) is 0 Å². The SMILES string of the molecule is CC1(C)c2ccccc2-c2c(-c3cc4c5c(c3)N(c3ccccc3)c3cc6ccccc6cc3B5c3cc5ccccc5cc3N4c3ccccc3)cccc21. The van der Waals surface area contributed by atoms with Gasteiger partial charge in [0.25, 0.3) is 6.71 Å². The first-order valence-electron chi connectivity index (χ1n) is 19.7. The van der Waals surface area contributed by atoms with Gasteiger partial charge in [-0.15, -0.1) is 0 Å². The standard InChI is InChI=1S/C53H37BN2/c1-53(2)43-26-14-13-24-42(43)51-41(25-15-27-44(51)53)38-32-49-52-50(33-38)56(40-22-7-4-8-23-40)48-31-37-19-12-10-17-35(37)29-46(48)54(52)45-28-34-16-9-11-18-36(34)30-47(45)55(49)39-20-5-3-6-21-39/h3-33H,1-2H3. The summed E-state index contributed by atoms with van der Waals surface area (Å²) >= 11 is 0. The maximum absolute atomic E-state index is 2.54. The van der Waals surface area contributed by atoms with E-state index in [9.17, 15) is 0 Å². The Kier molecular flexibility index (Phi) is 6.52. The Bertz CT molecular complexity index is 2920. The van der Waals surface area contributed by atoms with Crippen LogP contribution in [-0.2, 0) is 5.41 Å². The van der Waals surface area contributed by atoms with E-state index in [1.165, 1.54) is 94.1 Å². The lowest BCUT2D eigenvalue weighted by atomic mass is 9.33. The molecular weight excluding hydrogens is 675 g/mol. The van der Waals surface area contributed by atoms with Crippen molar-refractivity contribution in [3.05, 3.63) is 199 Å². The summed E-state index contributed by atoms with van der Waals surface area (Å²) in [5.41, 5.74) is 19.0. The molecule has 0 aromatic heterocycles. The Morgan fingerprint density at radius 2 is 0.839 bits per heavy atom. The van der Waals surface area contributed by atoms with E-state index in [0.29, 0.717) is 0 Å². The van der Waals surface area contributed by atoms with Crippen LogP contribution < -0.4 is 26.2 Å². The quantitative estimate of drug-likeness (QED) is 0.168. The van der Waals surface area contributed by atoms with E-state index in [1.807, 2.05) is 0 Å². The average molecular weight is 713 g/mol. The van der Waals surface area contributed by atoms with Crippen molar-refractivity contribution >= 4 is 78.8 Å². The molecule has 9 aromatic carbocycles. The summed E-state index contributed by atoms with van der Waals surface area (Å²) in [5, 5.41) is 5.00. The maximum atomic E-state index is 2.54. The fraction of sp³-hybridized carbons (Fsp3) is 0.0566. The third-order valence-corrected chi connectivity index (χ3v) is 12.7. The second-order valence-corrected chi connectivity index (χ2v) is 16.1. The number of anilines is 6. The van der Waals surface area contributed by atoms with Crippen molar-refractivity contribution in [1.29, 1.82) is 0 Å². The molecule has 2 nitrogen and oxygen atoms in total. The molecule has 0 fully saturated rings. The summed E-state index contributed by atoms with van der Waals surface area (Å²) in [7, 11) is 0. The molecule has 3 heteroatoms.